The molecular formula is C25H18ClFN2O4. The lowest BCUT2D eigenvalue weighted by atomic mass is 9.83. The predicted molar refractivity (Wildman–Crippen MR) is 119 cm³/mol. The van der Waals surface area contributed by atoms with Crippen LogP contribution in [-0.4, -0.2) is 12.6 Å². The number of ether oxygens (including phenoxy) is 3. The predicted octanol–water partition coefficient (Wildman–Crippen LogP) is 4.99. The third-order valence-electron chi connectivity index (χ3n) is 5.11. The molecule has 0 radical (unpaired) electrons. The molecule has 1 atom stereocenters. The Balaban J connectivity index is 1.53. The van der Waals surface area contributed by atoms with Crippen molar-refractivity contribution in [2.24, 2.45) is 5.73 Å². The maximum Gasteiger partial charge on any atom is 0.349 e. The first-order chi connectivity index (χ1) is 15.9. The van der Waals surface area contributed by atoms with Crippen molar-refractivity contribution in [2.45, 2.75) is 12.8 Å². The number of hydrogen-bond acceptors (Lipinski definition) is 6. The first-order valence-electron chi connectivity index (χ1n) is 9.92. The van der Waals surface area contributed by atoms with E-state index in [1.807, 2.05) is 6.92 Å². The van der Waals surface area contributed by atoms with E-state index < -0.39 is 11.9 Å². The Morgan fingerprint density at radius 2 is 1.88 bits per heavy atom. The average Bonchev–Trinajstić information content (AvgIpc) is 2.79. The molecule has 2 N–H and O–H groups in total. The Hall–Kier alpha value is -4.02. The summed E-state index contributed by atoms with van der Waals surface area (Å²) < 4.78 is 29.8. The smallest absolute Gasteiger partial charge is 0.349 e. The van der Waals surface area contributed by atoms with Crippen molar-refractivity contribution in [3.8, 4) is 23.3 Å². The van der Waals surface area contributed by atoms with E-state index in [-0.39, 0.29) is 29.6 Å². The number of carbonyl (C=O) groups excluding carboxylic acids is 1. The summed E-state index contributed by atoms with van der Waals surface area (Å²) in [6.07, 6.45) is 0. The summed E-state index contributed by atoms with van der Waals surface area (Å²) in [6.45, 7) is 1.52. The molecule has 0 aliphatic carbocycles. The number of carbonyl (C=O) groups is 1. The van der Waals surface area contributed by atoms with Gasteiger partial charge in [0.1, 0.15) is 34.7 Å². The molecule has 0 fully saturated rings. The van der Waals surface area contributed by atoms with Crippen molar-refractivity contribution in [1.82, 2.24) is 0 Å². The van der Waals surface area contributed by atoms with Gasteiger partial charge in [0.05, 0.1) is 5.92 Å². The molecule has 0 bridgehead atoms. The molecule has 3 aromatic rings. The number of benzene rings is 3. The largest absolute Gasteiger partial charge is 0.482 e. The number of rotatable bonds is 5. The molecule has 3 aromatic carbocycles. The molecule has 4 rings (SSSR count). The highest BCUT2D eigenvalue weighted by atomic mass is 35.5. The number of aryl methyl sites for hydroxylation is 1. The van der Waals surface area contributed by atoms with Crippen LogP contribution in [0.15, 0.2) is 72.1 Å². The fraction of sp³-hybridized carbons (Fsp3) is 0.120. The van der Waals surface area contributed by atoms with Crippen LogP contribution in [0.2, 0.25) is 5.02 Å². The van der Waals surface area contributed by atoms with Crippen LogP contribution in [0.3, 0.4) is 0 Å². The Bertz CT molecular complexity index is 1300. The van der Waals surface area contributed by atoms with E-state index in [9.17, 15) is 14.4 Å². The number of halogens is 2. The number of nitrogens with zero attached hydrogens (tertiary/aromatic N) is 1. The van der Waals surface area contributed by atoms with Crippen LogP contribution in [0.5, 0.6) is 17.2 Å². The van der Waals surface area contributed by atoms with Gasteiger partial charge in [0.15, 0.2) is 6.61 Å². The van der Waals surface area contributed by atoms with Crippen LogP contribution in [0.4, 0.5) is 4.39 Å². The van der Waals surface area contributed by atoms with Gasteiger partial charge in [0.25, 0.3) is 0 Å². The van der Waals surface area contributed by atoms with Gasteiger partial charge in [-0.3, -0.25) is 0 Å². The van der Waals surface area contributed by atoms with E-state index in [0.29, 0.717) is 27.6 Å². The van der Waals surface area contributed by atoms with Crippen molar-refractivity contribution in [3.63, 3.8) is 0 Å². The first kappa shape index (κ1) is 22.2. The fourth-order valence-electron chi connectivity index (χ4n) is 3.51. The Morgan fingerprint density at radius 3 is 2.58 bits per heavy atom. The highest BCUT2D eigenvalue weighted by molar-refractivity contribution is 6.31. The summed E-state index contributed by atoms with van der Waals surface area (Å²) in [6, 6.07) is 17.7. The van der Waals surface area contributed by atoms with Crippen molar-refractivity contribution in [2.75, 3.05) is 6.61 Å². The third kappa shape index (κ3) is 4.76. The lowest BCUT2D eigenvalue weighted by Gasteiger charge is -2.26. The Labute approximate surface area is 194 Å². The van der Waals surface area contributed by atoms with Crippen LogP contribution in [0, 0.1) is 24.1 Å². The molecule has 8 heteroatoms. The standard InChI is InChI=1S/C25H18ClFN2O4/c1-14-10-17(7-9-21(14)26)31-13-23(30)32-18-6-8-19-22(11-18)33-25(29)20(12-28)24(19)15-2-4-16(27)5-3-15/h2-11,24H,13,29H2,1H3. The van der Waals surface area contributed by atoms with Gasteiger partial charge in [-0.1, -0.05) is 29.8 Å². The zero-order chi connectivity index (χ0) is 23.5. The zero-order valence-electron chi connectivity index (χ0n) is 17.5. The summed E-state index contributed by atoms with van der Waals surface area (Å²) >= 11 is 5.99. The highest BCUT2D eigenvalue weighted by Crippen LogP contribution is 2.43. The summed E-state index contributed by atoms with van der Waals surface area (Å²) in [5, 5.41) is 10.2. The van der Waals surface area contributed by atoms with Crippen LogP contribution < -0.4 is 19.9 Å². The monoisotopic (exact) mass is 464 g/mol. The molecule has 1 unspecified atom stereocenters. The minimum absolute atomic E-state index is 0.0655. The van der Waals surface area contributed by atoms with Crippen LogP contribution in [0.25, 0.3) is 0 Å². The minimum Gasteiger partial charge on any atom is -0.482 e. The topological polar surface area (TPSA) is 94.6 Å². The molecule has 166 valence electrons. The number of hydrogen-bond donors (Lipinski definition) is 1. The summed E-state index contributed by atoms with van der Waals surface area (Å²) in [7, 11) is 0. The molecule has 6 nitrogen and oxygen atoms in total. The molecule has 1 aliphatic heterocycles. The number of nitriles is 1. The normalized spacial score (nSPS) is 14.7. The van der Waals surface area contributed by atoms with E-state index in [0.717, 1.165) is 5.56 Å². The summed E-state index contributed by atoms with van der Waals surface area (Å²) in [5.74, 6) is -0.563. The number of esters is 1. The molecule has 0 saturated heterocycles. The lowest BCUT2D eigenvalue weighted by molar-refractivity contribution is -0.136. The van der Waals surface area contributed by atoms with E-state index in [4.69, 9.17) is 31.5 Å². The maximum absolute atomic E-state index is 13.4. The van der Waals surface area contributed by atoms with E-state index >= 15 is 0 Å². The van der Waals surface area contributed by atoms with Gasteiger partial charge in [0.2, 0.25) is 5.88 Å². The third-order valence-corrected chi connectivity index (χ3v) is 5.54. The van der Waals surface area contributed by atoms with Crippen LogP contribution in [0.1, 0.15) is 22.6 Å². The van der Waals surface area contributed by atoms with Gasteiger partial charge < -0.3 is 19.9 Å². The van der Waals surface area contributed by atoms with Crippen molar-refractivity contribution >= 4 is 17.6 Å². The van der Waals surface area contributed by atoms with Crippen molar-refractivity contribution < 1.29 is 23.4 Å². The highest BCUT2D eigenvalue weighted by Gasteiger charge is 2.31. The van der Waals surface area contributed by atoms with Crippen molar-refractivity contribution in [3.05, 3.63) is 99.7 Å². The average molecular weight is 465 g/mol. The second-order valence-corrected chi connectivity index (χ2v) is 7.76. The summed E-state index contributed by atoms with van der Waals surface area (Å²) in [5.41, 5.74) is 8.33. The number of nitrogens with two attached hydrogens (primary N) is 1. The Morgan fingerprint density at radius 1 is 1.15 bits per heavy atom. The molecule has 1 heterocycles. The molecular weight excluding hydrogens is 447 g/mol. The molecule has 0 aromatic heterocycles. The van der Waals surface area contributed by atoms with Gasteiger partial charge in [-0.05, 0) is 54.4 Å². The fourth-order valence-corrected chi connectivity index (χ4v) is 3.63. The van der Waals surface area contributed by atoms with Crippen LogP contribution in [-0.2, 0) is 4.79 Å². The molecule has 0 saturated carbocycles. The molecule has 0 spiro atoms. The molecule has 1 aliphatic rings. The van der Waals surface area contributed by atoms with Crippen LogP contribution >= 0.6 is 11.6 Å². The van der Waals surface area contributed by atoms with Gasteiger partial charge >= 0.3 is 5.97 Å². The molecule has 0 amide bonds. The maximum atomic E-state index is 13.4. The molecule has 33 heavy (non-hydrogen) atoms. The second kappa shape index (κ2) is 9.23. The van der Waals surface area contributed by atoms with E-state index in [2.05, 4.69) is 6.07 Å². The van der Waals surface area contributed by atoms with Gasteiger partial charge in [-0.15, -0.1) is 0 Å². The lowest BCUT2D eigenvalue weighted by Crippen LogP contribution is -2.21. The zero-order valence-corrected chi connectivity index (χ0v) is 18.2. The van der Waals surface area contributed by atoms with Gasteiger partial charge in [-0.25, -0.2) is 9.18 Å². The second-order valence-electron chi connectivity index (χ2n) is 7.35. The SMILES string of the molecule is Cc1cc(OCC(=O)Oc2ccc3c(c2)OC(N)=C(C#N)C3c2ccc(F)cc2)ccc1Cl. The van der Waals surface area contributed by atoms with Gasteiger partial charge in [0, 0.05) is 16.7 Å². The summed E-state index contributed by atoms with van der Waals surface area (Å²) in [4.78, 5) is 12.3. The Kier molecular flexibility index (Phi) is 6.20. The van der Waals surface area contributed by atoms with Gasteiger partial charge in [-0.2, -0.15) is 5.26 Å². The number of allylic oxidation sites excluding steroid dienone is 1. The van der Waals surface area contributed by atoms with E-state index in [1.165, 1.54) is 18.2 Å². The first-order valence-corrected chi connectivity index (χ1v) is 10.3. The minimum atomic E-state index is -0.616. The van der Waals surface area contributed by atoms with E-state index in [1.54, 1.807) is 42.5 Å². The number of fused-ring (bicyclic) bond motifs is 1. The van der Waals surface area contributed by atoms with Crippen molar-refractivity contribution in [1.29, 1.82) is 5.26 Å². The quantitative estimate of drug-likeness (QED) is 0.422.